The van der Waals surface area contributed by atoms with E-state index in [2.05, 4.69) is 20.3 Å². The smallest absolute Gasteiger partial charge is 0.365 e. The average Bonchev–Trinajstić information content (AvgIpc) is 2.72. The number of alkyl halides is 3. The van der Waals surface area contributed by atoms with Gasteiger partial charge in [-0.25, -0.2) is 9.97 Å². The molecule has 1 N–H and O–H groups in total. The molecule has 28 heavy (non-hydrogen) atoms. The highest BCUT2D eigenvalue weighted by Crippen LogP contribution is 2.28. The van der Waals surface area contributed by atoms with E-state index in [1.807, 2.05) is 54.6 Å². The number of nitrogens with one attached hydrogen (secondary N) is 1. The largest absolute Gasteiger partial charge is 0.433 e. The summed E-state index contributed by atoms with van der Waals surface area (Å²) in [5.41, 5.74) is 1.38. The molecule has 0 aliphatic carbocycles. The molecule has 140 valence electrons. The van der Waals surface area contributed by atoms with Crippen molar-refractivity contribution in [1.29, 1.82) is 0 Å². The highest BCUT2D eigenvalue weighted by atomic mass is 19.4. The molecule has 0 saturated heterocycles. The third-order valence-electron chi connectivity index (χ3n) is 4.21. The van der Waals surface area contributed by atoms with Crippen molar-refractivity contribution < 1.29 is 13.2 Å². The predicted molar refractivity (Wildman–Crippen MR) is 102 cm³/mol. The summed E-state index contributed by atoms with van der Waals surface area (Å²) < 4.78 is 38.0. The Balaban J connectivity index is 1.64. The molecule has 2 aromatic heterocycles. The van der Waals surface area contributed by atoms with Gasteiger partial charge in [0.15, 0.2) is 5.82 Å². The van der Waals surface area contributed by atoms with Gasteiger partial charge in [-0.1, -0.05) is 48.5 Å². The first-order chi connectivity index (χ1) is 13.5. The lowest BCUT2D eigenvalue weighted by atomic mass is 10.2. The van der Waals surface area contributed by atoms with Gasteiger partial charge in [0.05, 0.1) is 5.52 Å². The summed E-state index contributed by atoms with van der Waals surface area (Å²) in [5.74, 6) is 1.19. The molecule has 4 aromatic rings. The Morgan fingerprint density at radius 2 is 1.57 bits per heavy atom. The zero-order chi connectivity index (χ0) is 19.6. The van der Waals surface area contributed by atoms with Crippen LogP contribution in [0.4, 0.5) is 19.0 Å². The number of para-hydroxylation sites is 1. The summed E-state index contributed by atoms with van der Waals surface area (Å²) >= 11 is 0. The minimum Gasteiger partial charge on any atom is -0.365 e. The number of aromatic nitrogens is 3. The van der Waals surface area contributed by atoms with Crippen molar-refractivity contribution >= 4 is 16.7 Å². The maximum absolute atomic E-state index is 12.7. The second-order valence-electron chi connectivity index (χ2n) is 6.18. The van der Waals surface area contributed by atoms with E-state index in [4.69, 9.17) is 0 Å². The van der Waals surface area contributed by atoms with Gasteiger partial charge in [-0.3, -0.25) is 4.98 Å². The molecule has 0 bridgehead atoms. The van der Waals surface area contributed by atoms with Crippen molar-refractivity contribution in [2.75, 3.05) is 5.32 Å². The Morgan fingerprint density at radius 1 is 0.821 bits per heavy atom. The lowest BCUT2D eigenvalue weighted by Crippen LogP contribution is -2.09. The number of rotatable bonds is 4. The van der Waals surface area contributed by atoms with Gasteiger partial charge >= 0.3 is 6.18 Å². The molecule has 0 radical (unpaired) electrons. The molecule has 0 aliphatic rings. The minimum atomic E-state index is -4.45. The lowest BCUT2D eigenvalue weighted by Gasteiger charge is -2.12. The summed E-state index contributed by atoms with van der Waals surface area (Å²) in [6.45, 7) is 0.292. The molecule has 7 heteroatoms. The van der Waals surface area contributed by atoms with Gasteiger partial charge in [-0.15, -0.1) is 0 Å². The van der Waals surface area contributed by atoms with Gasteiger partial charge in [0, 0.05) is 23.7 Å². The Kier molecular flexibility index (Phi) is 4.65. The molecular weight excluding hydrogens is 365 g/mol. The highest BCUT2D eigenvalue weighted by molar-refractivity contribution is 5.90. The molecule has 0 amide bonds. The lowest BCUT2D eigenvalue weighted by molar-refractivity contribution is -0.141. The highest BCUT2D eigenvalue weighted by Gasteiger charge is 2.31. The van der Waals surface area contributed by atoms with Gasteiger partial charge in [0.2, 0.25) is 0 Å². The van der Waals surface area contributed by atoms with Gasteiger partial charge in [-0.05, 0) is 23.8 Å². The van der Waals surface area contributed by atoms with Crippen molar-refractivity contribution in [3.63, 3.8) is 0 Å². The number of fused-ring (bicyclic) bond motifs is 1. The van der Waals surface area contributed by atoms with E-state index in [1.165, 1.54) is 12.3 Å². The monoisotopic (exact) mass is 380 g/mol. The number of anilines is 1. The number of hydrogen-bond donors (Lipinski definition) is 1. The van der Waals surface area contributed by atoms with Crippen LogP contribution in [0, 0.1) is 0 Å². The Bertz CT molecular complexity index is 1090. The molecule has 2 aromatic carbocycles. The van der Waals surface area contributed by atoms with Gasteiger partial charge in [0.25, 0.3) is 0 Å². The van der Waals surface area contributed by atoms with E-state index in [0.717, 1.165) is 22.5 Å². The van der Waals surface area contributed by atoms with Crippen molar-refractivity contribution in [2.45, 2.75) is 12.7 Å². The second-order valence-corrected chi connectivity index (χ2v) is 6.18. The number of halogens is 3. The number of pyridine rings is 1. The molecule has 4 rings (SSSR count). The maximum atomic E-state index is 12.7. The molecule has 0 spiro atoms. The number of hydrogen-bond acceptors (Lipinski definition) is 4. The zero-order valence-electron chi connectivity index (χ0n) is 14.6. The van der Waals surface area contributed by atoms with E-state index in [0.29, 0.717) is 23.8 Å². The van der Waals surface area contributed by atoms with E-state index >= 15 is 0 Å². The van der Waals surface area contributed by atoms with Gasteiger partial charge in [0.1, 0.15) is 11.5 Å². The summed E-state index contributed by atoms with van der Waals surface area (Å²) in [5, 5.41) is 4.04. The first-order valence-electron chi connectivity index (χ1n) is 8.59. The van der Waals surface area contributed by atoms with Crippen molar-refractivity contribution in [3.05, 3.63) is 84.2 Å². The van der Waals surface area contributed by atoms with Crippen LogP contribution in [0.5, 0.6) is 0 Å². The fourth-order valence-electron chi connectivity index (χ4n) is 2.81. The molecule has 0 atom stereocenters. The second kappa shape index (κ2) is 7.26. The Morgan fingerprint density at radius 3 is 2.29 bits per heavy atom. The van der Waals surface area contributed by atoms with Crippen LogP contribution in [0.25, 0.3) is 22.3 Å². The van der Waals surface area contributed by atoms with Crippen LogP contribution in [-0.2, 0) is 12.7 Å². The summed E-state index contributed by atoms with van der Waals surface area (Å²) in [6.07, 6.45) is -3.23. The number of benzene rings is 2. The summed E-state index contributed by atoms with van der Waals surface area (Å²) in [4.78, 5) is 12.7. The predicted octanol–water partition coefficient (Wildman–Crippen LogP) is 5.32. The molecule has 0 unspecified atom stereocenters. The van der Waals surface area contributed by atoms with Crippen molar-refractivity contribution in [2.24, 2.45) is 0 Å². The van der Waals surface area contributed by atoms with Crippen LogP contribution in [0.2, 0.25) is 0 Å². The van der Waals surface area contributed by atoms with E-state index in [1.54, 1.807) is 0 Å². The topological polar surface area (TPSA) is 50.7 Å². The third-order valence-corrected chi connectivity index (χ3v) is 4.21. The van der Waals surface area contributed by atoms with Crippen LogP contribution in [0.1, 0.15) is 11.3 Å². The number of nitrogens with zero attached hydrogens (tertiary/aromatic N) is 3. The SMILES string of the molecule is FC(F)(F)c1ccc(CNc2nc(-c3ccccc3)nc3ccccc23)cn1. The third kappa shape index (κ3) is 3.78. The summed E-state index contributed by atoms with van der Waals surface area (Å²) in [6, 6.07) is 19.6. The fraction of sp³-hybridized carbons (Fsp3) is 0.0952. The fourth-order valence-corrected chi connectivity index (χ4v) is 2.81. The van der Waals surface area contributed by atoms with Crippen LogP contribution < -0.4 is 5.32 Å². The quantitative estimate of drug-likeness (QED) is 0.520. The van der Waals surface area contributed by atoms with Gasteiger partial charge in [-0.2, -0.15) is 13.2 Å². The molecule has 0 fully saturated rings. The zero-order valence-corrected chi connectivity index (χ0v) is 14.6. The van der Waals surface area contributed by atoms with Crippen molar-refractivity contribution in [3.8, 4) is 11.4 Å². The molecule has 4 nitrogen and oxygen atoms in total. The molecule has 0 saturated carbocycles. The Labute approximate surface area is 159 Å². The molecule has 0 aliphatic heterocycles. The van der Waals surface area contributed by atoms with Crippen LogP contribution in [-0.4, -0.2) is 15.0 Å². The normalized spacial score (nSPS) is 11.5. The van der Waals surface area contributed by atoms with Crippen LogP contribution >= 0.6 is 0 Å². The first-order valence-corrected chi connectivity index (χ1v) is 8.59. The van der Waals surface area contributed by atoms with E-state index < -0.39 is 11.9 Å². The minimum absolute atomic E-state index is 0.292. The molecular formula is C21H15F3N4. The maximum Gasteiger partial charge on any atom is 0.433 e. The standard InChI is InChI=1S/C21H15F3N4/c22-21(23,24)18-11-10-14(12-25-18)13-26-20-16-8-4-5-9-17(16)27-19(28-20)15-6-2-1-3-7-15/h1-12H,13H2,(H,26,27,28). The first kappa shape index (κ1) is 17.9. The average molecular weight is 380 g/mol. The molecule has 2 heterocycles. The van der Waals surface area contributed by atoms with Crippen LogP contribution in [0.15, 0.2) is 72.9 Å². The van der Waals surface area contributed by atoms with Gasteiger partial charge < -0.3 is 5.32 Å². The van der Waals surface area contributed by atoms with E-state index in [9.17, 15) is 13.2 Å². The summed E-state index contributed by atoms with van der Waals surface area (Å²) in [7, 11) is 0. The van der Waals surface area contributed by atoms with Crippen molar-refractivity contribution in [1.82, 2.24) is 15.0 Å². The van der Waals surface area contributed by atoms with E-state index in [-0.39, 0.29) is 0 Å². The van der Waals surface area contributed by atoms with Crippen LogP contribution in [0.3, 0.4) is 0 Å². The Hall–Kier alpha value is -3.48.